The van der Waals surface area contributed by atoms with Crippen LogP contribution in [-0.4, -0.2) is 48.3 Å². The number of benzene rings is 1. The highest BCUT2D eigenvalue weighted by molar-refractivity contribution is 5.83. The van der Waals surface area contributed by atoms with Crippen molar-refractivity contribution >= 4 is 5.91 Å². The molecule has 1 amide bonds. The molecule has 0 radical (unpaired) electrons. The van der Waals surface area contributed by atoms with Crippen LogP contribution in [0.15, 0.2) is 18.2 Å². The number of carbonyl (C=O) groups is 1. The van der Waals surface area contributed by atoms with Gasteiger partial charge in [0.15, 0.2) is 11.5 Å². The second kappa shape index (κ2) is 7.15. The molecule has 4 saturated carbocycles. The third-order valence-electron chi connectivity index (χ3n) is 7.70. The molecular weight excluding hydrogens is 373 g/mol. The van der Waals surface area contributed by atoms with E-state index in [9.17, 15) is 14.3 Å². The van der Waals surface area contributed by atoms with E-state index >= 15 is 0 Å². The third-order valence-corrected chi connectivity index (χ3v) is 7.70. The Morgan fingerprint density at radius 2 is 1.79 bits per heavy atom. The van der Waals surface area contributed by atoms with E-state index in [1.807, 2.05) is 4.90 Å². The number of methoxy groups -OCH3 is 1. The summed E-state index contributed by atoms with van der Waals surface area (Å²) in [5, 5.41) is 10.7. The Morgan fingerprint density at radius 3 is 2.38 bits per heavy atom. The molecule has 1 saturated heterocycles. The van der Waals surface area contributed by atoms with Crippen molar-refractivity contribution in [2.45, 2.75) is 57.2 Å². The molecule has 4 bridgehead atoms. The van der Waals surface area contributed by atoms with Gasteiger partial charge in [0.25, 0.3) is 0 Å². The molecule has 0 aromatic heterocycles. The molecule has 5 nitrogen and oxygen atoms in total. The summed E-state index contributed by atoms with van der Waals surface area (Å²) >= 11 is 0. The van der Waals surface area contributed by atoms with Crippen LogP contribution in [0.5, 0.6) is 11.5 Å². The summed E-state index contributed by atoms with van der Waals surface area (Å²) in [6.45, 7) is 0.889. The molecule has 4 aliphatic carbocycles. The lowest BCUT2D eigenvalue weighted by atomic mass is 9.49. The van der Waals surface area contributed by atoms with Crippen molar-refractivity contribution in [2.24, 2.45) is 23.2 Å². The monoisotopic (exact) mass is 403 g/mol. The van der Waals surface area contributed by atoms with Crippen LogP contribution in [0.1, 0.15) is 44.9 Å². The minimum absolute atomic E-state index is 0.178. The number of nitrogens with zero attached hydrogens (tertiary/aromatic N) is 1. The number of rotatable bonds is 4. The van der Waals surface area contributed by atoms with Crippen molar-refractivity contribution in [1.82, 2.24) is 4.90 Å². The number of aliphatic hydroxyl groups is 1. The van der Waals surface area contributed by atoms with Gasteiger partial charge in [0.1, 0.15) is 18.0 Å². The van der Waals surface area contributed by atoms with Gasteiger partial charge in [-0.3, -0.25) is 4.79 Å². The number of hydrogen-bond donors (Lipinski definition) is 1. The van der Waals surface area contributed by atoms with Crippen molar-refractivity contribution in [1.29, 1.82) is 0 Å². The van der Waals surface area contributed by atoms with Crippen molar-refractivity contribution in [2.75, 3.05) is 20.2 Å². The zero-order chi connectivity index (χ0) is 20.2. The summed E-state index contributed by atoms with van der Waals surface area (Å²) < 4.78 is 24.5. The van der Waals surface area contributed by atoms with Crippen molar-refractivity contribution < 1.29 is 23.8 Å². The molecule has 1 heterocycles. The highest BCUT2D eigenvalue weighted by atomic mass is 19.1. The molecule has 5 fully saturated rings. The Morgan fingerprint density at radius 1 is 1.14 bits per heavy atom. The highest BCUT2D eigenvalue weighted by Gasteiger charge is 2.56. The van der Waals surface area contributed by atoms with E-state index < -0.39 is 18.0 Å². The first-order valence-corrected chi connectivity index (χ1v) is 10.9. The van der Waals surface area contributed by atoms with Crippen molar-refractivity contribution in [3.8, 4) is 11.5 Å². The van der Waals surface area contributed by atoms with Crippen LogP contribution < -0.4 is 9.47 Å². The maximum absolute atomic E-state index is 13.5. The van der Waals surface area contributed by atoms with Crippen molar-refractivity contribution in [3.05, 3.63) is 24.0 Å². The fourth-order valence-corrected chi connectivity index (χ4v) is 6.84. The number of β-amino-alcohol motifs (C(OH)–C–C–N with tert-alkyl or cyclic N) is 1. The quantitative estimate of drug-likeness (QED) is 0.837. The molecule has 6 heteroatoms. The molecule has 0 spiro atoms. The summed E-state index contributed by atoms with van der Waals surface area (Å²) in [4.78, 5) is 15.4. The molecular formula is C23H30FNO4. The molecule has 158 valence electrons. The smallest absolute Gasteiger partial charge is 0.228 e. The van der Waals surface area contributed by atoms with Gasteiger partial charge in [0, 0.05) is 19.0 Å². The van der Waals surface area contributed by atoms with Gasteiger partial charge < -0.3 is 19.5 Å². The summed E-state index contributed by atoms with van der Waals surface area (Å²) in [6, 6.07) is 4.11. The number of aliphatic hydroxyl groups excluding tert-OH is 1. The minimum Gasteiger partial charge on any atom is -0.493 e. The minimum atomic E-state index is -0.767. The summed E-state index contributed by atoms with van der Waals surface area (Å²) in [6.07, 6.45) is 6.40. The van der Waals surface area contributed by atoms with Gasteiger partial charge in [0.05, 0.1) is 19.1 Å². The fourth-order valence-electron chi connectivity index (χ4n) is 6.84. The van der Waals surface area contributed by atoms with E-state index in [0.717, 1.165) is 37.0 Å². The highest BCUT2D eigenvalue weighted by Crippen LogP contribution is 2.60. The number of hydrogen-bond acceptors (Lipinski definition) is 4. The van der Waals surface area contributed by atoms with Crippen LogP contribution >= 0.6 is 0 Å². The van der Waals surface area contributed by atoms with E-state index in [1.165, 1.54) is 44.6 Å². The average Bonchev–Trinajstić information content (AvgIpc) is 2.69. The van der Waals surface area contributed by atoms with Gasteiger partial charge in [-0.15, -0.1) is 0 Å². The number of carbonyl (C=O) groups excluding carboxylic acids is 1. The normalized spacial score (nSPS) is 38.2. The Bertz CT molecular complexity index is 762. The third kappa shape index (κ3) is 3.39. The first kappa shape index (κ1) is 19.2. The summed E-state index contributed by atoms with van der Waals surface area (Å²) in [5.41, 5.74) is -0.178. The molecule has 2 atom stereocenters. The van der Waals surface area contributed by atoms with Gasteiger partial charge in [-0.1, -0.05) is 0 Å². The molecule has 1 aromatic rings. The predicted molar refractivity (Wildman–Crippen MR) is 105 cm³/mol. The first-order chi connectivity index (χ1) is 14.0. The predicted octanol–water partition coefficient (Wildman–Crippen LogP) is 3.39. The van der Waals surface area contributed by atoms with Crippen molar-refractivity contribution in [3.63, 3.8) is 0 Å². The van der Waals surface area contributed by atoms with Crippen LogP contribution in [0.3, 0.4) is 0 Å². The molecule has 5 aliphatic rings. The molecule has 0 unspecified atom stereocenters. The first-order valence-electron chi connectivity index (χ1n) is 10.9. The van der Waals surface area contributed by atoms with Gasteiger partial charge in [-0.2, -0.15) is 0 Å². The Kier molecular flexibility index (Phi) is 4.72. The molecule has 1 aliphatic heterocycles. The van der Waals surface area contributed by atoms with Crippen LogP contribution in [0.2, 0.25) is 0 Å². The Hall–Kier alpha value is -1.82. The average molecular weight is 403 g/mol. The number of halogens is 1. The summed E-state index contributed by atoms with van der Waals surface area (Å²) in [5.74, 6) is 2.76. The molecule has 6 rings (SSSR count). The maximum atomic E-state index is 13.5. The second-order valence-electron chi connectivity index (χ2n) is 9.76. The zero-order valence-corrected chi connectivity index (χ0v) is 17.0. The zero-order valence-electron chi connectivity index (χ0n) is 17.0. The lowest BCUT2D eigenvalue weighted by Crippen LogP contribution is -2.58. The van der Waals surface area contributed by atoms with Crippen LogP contribution in [0.25, 0.3) is 0 Å². The van der Waals surface area contributed by atoms with Crippen LogP contribution in [0.4, 0.5) is 4.39 Å². The second-order valence-corrected chi connectivity index (χ2v) is 9.76. The van der Waals surface area contributed by atoms with Gasteiger partial charge in [-0.25, -0.2) is 4.39 Å². The molecule has 1 aromatic carbocycles. The van der Waals surface area contributed by atoms with E-state index in [4.69, 9.17) is 9.47 Å². The number of amides is 1. The molecule has 29 heavy (non-hydrogen) atoms. The lowest BCUT2D eigenvalue weighted by molar-refractivity contribution is -0.162. The number of likely N-dealkylation sites (tertiary alicyclic amines) is 1. The number of piperidine rings is 1. The van der Waals surface area contributed by atoms with E-state index in [0.29, 0.717) is 31.0 Å². The lowest BCUT2D eigenvalue weighted by Gasteiger charge is -2.57. The summed E-state index contributed by atoms with van der Waals surface area (Å²) in [7, 11) is 1.46. The standard InChI is InChI=1S/C23H30FNO4/c1-28-21-9-17(24)2-3-20(21)29-19-4-5-25(13-18(19)26)22(27)23-10-14-6-15(11-23)8-16(7-14)12-23/h2-3,9,14-16,18-19,26H,4-8,10-13H2,1H3/t14?,15?,16?,18-,19-,23?/m1/s1. The van der Waals surface area contributed by atoms with E-state index in [-0.39, 0.29) is 11.3 Å². The largest absolute Gasteiger partial charge is 0.493 e. The van der Waals surface area contributed by atoms with Gasteiger partial charge in [-0.05, 0) is 68.4 Å². The Labute approximate surface area is 171 Å². The maximum Gasteiger partial charge on any atom is 0.228 e. The number of ether oxygens (including phenoxy) is 2. The van der Waals surface area contributed by atoms with E-state index in [2.05, 4.69) is 0 Å². The Balaban J connectivity index is 1.25. The SMILES string of the molecule is COc1cc(F)ccc1O[C@@H]1CCN(C(=O)C23CC4CC(CC(C4)C2)C3)C[C@H]1O. The fraction of sp³-hybridized carbons (Fsp3) is 0.696. The van der Waals surface area contributed by atoms with Gasteiger partial charge >= 0.3 is 0 Å². The van der Waals surface area contributed by atoms with Crippen LogP contribution in [-0.2, 0) is 4.79 Å². The van der Waals surface area contributed by atoms with Gasteiger partial charge in [0.2, 0.25) is 5.91 Å². The van der Waals surface area contributed by atoms with E-state index in [1.54, 1.807) is 0 Å². The van der Waals surface area contributed by atoms with Crippen LogP contribution in [0, 0.1) is 29.0 Å². The topological polar surface area (TPSA) is 59.0 Å². The molecule has 1 N–H and O–H groups in total.